The second-order valence-corrected chi connectivity index (χ2v) is 7.85. The van der Waals surface area contributed by atoms with Crippen LogP contribution in [-0.2, 0) is 11.3 Å². The van der Waals surface area contributed by atoms with Gasteiger partial charge in [0.1, 0.15) is 30.0 Å². The summed E-state index contributed by atoms with van der Waals surface area (Å²) in [6.07, 6.45) is 4.27. The fourth-order valence-corrected chi connectivity index (χ4v) is 3.83. The molecule has 5 rings (SSSR count). The Labute approximate surface area is 186 Å². The maximum atomic E-state index is 13.2. The van der Waals surface area contributed by atoms with Crippen molar-refractivity contribution in [2.24, 2.45) is 0 Å². The summed E-state index contributed by atoms with van der Waals surface area (Å²) in [5, 5.41) is 0.509. The van der Waals surface area contributed by atoms with E-state index in [1.54, 1.807) is 18.2 Å². The topological polar surface area (TPSA) is 57.9 Å². The number of ether oxygens (including phenoxy) is 3. The van der Waals surface area contributed by atoms with Gasteiger partial charge in [-0.3, -0.25) is 4.79 Å². The Kier molecular flexibility index (Phi) is 5.90. The van der Waals surface area contributed by atoms with E-state index in [-0.39, 0.29) is 11.7 Å². The Bertz CT molecular complexity index is 1260. The van der Waals surface area contributed by atoms with Crippen LogP contribution in [0.15, 0.2) is 88.3 Å². The molecule has 0 aliphatic carbocycles. The van der Waals surface area contributed by atoms with Crippen LogP contribution in [-0.4, -0.2) is 12.9 Å². The zero-order chi connectivity index (χ0) is 21.8. The van der Waals surface area contributed by atoms with Crippen molar-refractivity contribution >= 4 is 11.0 Å². The minimum Gasteiger partial charge on any atom is -0.489 e. The zero-order valence-corrected chi connectivity index (χ0v) is 17.7. The van der Waals surface area contributed by atoms with Gasteiger partial charge in [0.15, 0.2) is 11.7 Å². The van der Waals surface area contributed by atoms with Crippen molar-refractivity contribution in [1.82, 2.24) is 0 Å². The van der Waals surface area contributed by atoms with Crippen molar-refractivity contribution in [2.45, 2.75) is 32.2 Å². The molecule has 0 saturated carbocycles. The van der Waals surface area contributed by atoms with Crippen LogP contribution in [0.3, 0.4) is 0 Å². The fraction of sp³-hybridized carbons (Fsp3) is 0.222. The van der Waals surface area contributed by atoms with Gasteiger partial charge in [0.2, 0.25) is 0 Å². The van der Waals surface area contributed by atoms with Crippen molar-refractivity contribution in [2.75, 3.05) is 6.61 Å². The SMILES string of the molecule is O=c1c(-c2cccc(OCc3ccccc3)c2)coc2cc(OC3CCCCO3)ccc12. The van der Waals surface area contributed by atoms with Gasteiger partial charge in [-0.15, -0.1) is 0 Å². The van der Waals surface area contributed by atoms with Gasteiger partial charge in [-0.1, -0.05) is 42.5 Å². The molecule has 2 heterocycles. The number of hydrogen-bond acceptors (Lipinski definition) is 5. The van der Waals surface area contributed by atoms with E-state index in [2.05, 4.69) is 0 Å². The van der Waals surface area contributed by atoms with Crippen molar-refractivity contribution < 1.29 is 18.6 Å². The predicted octanol–water partition coefficient (Wildman–Crippen LogP) is 5.94. The first-order chi connectivity index (χ1) is 15.8. The number of benzene rings is 3. The van der Waals surface area contributed by atoms with Gasteiger partial charge in [0.25, 0.3) is 0 Å². The van der Waals surface area contributed by atoms with Gasteiger partial charge >= 0.3 is 0 Å². The molecule has 1 aliphatic rings. The smallest absolute Gasteiger partial charge is 0.200 e. The molecule has 1 unspecified atom stereocenters. The molecule has 1 saturated heterocycles. The summed E-state index contributed by atoms with van der Waals surface area (Å²) in [4.78, 5) is 13.2. The molecule has 0 spiro atoms. The molecule has 32 heavy (non-hydrogen) atoms. The zero-order valence-electron chi connectivity index (χ0n) is 17.7. The third-order valence-electron chi connectivity index (χ3n) is 5.54. The van der Waals surface area contributed by atoms with Crippen molar-refractivity contribution in [3.05, 3.63) is 94.8 Å². The van der Waals surface area contributed by atoms with Gasteiger partial charge in [-0.2, -0.15) is 0 Å². The van der Waals surface area contributed by atoms with Gasteiger partial charge in [0, 0.05) is 12.5 Å². The van der Waals surface area contributed by atoms with Gasteiger partial charge in [-0.25, -0.2) is 0 Å². The van der Waals surface area contributed by atoms with E-state index < -0.39 is 0 Å². The molecule has 5 heteroatoms. The van der Waals surface area contributed by atoms with Gasteiger partial charge < -0.3 is 18.6 Å². The normalized spacial score (nSPS) is 16.1. The summed E-state index contributed by atoms with van der Waals surface area (Å²) < 4.78 is 23.2. The minimum absolute atomic E-state index is 0.0908. The maximum Gasteiger partial charge on any atom is 0.200 e. The maximum absolute atomic E-state index is 13.2. The van der Waals surface area contributed by atoms with Crippen LogP contribution in [0.5, 0.6) is 11.5 Å². The van der Waals surface area contributed by atoms with E-state index in [0.29, 0.717) is 41.2 Å². The quantitative estimate of drug-likeness (QED) is 0.380. The van der Waals surface area contributed by atoms with Crippen LogP contribution >= 0.6 is 0 Å². The summed E-state index contributed by atoms with van der Waals surface area (Å²) in [5.41, 5.74) is 2.73. The summed E-state index contributed by atoms with van der Waals surface area (Å²) in [7, 11) is 0. The first-order valence-electron chi connectivity index (χ1n) is 10.9. The number of fused-ring (bicyclic) bond motifs is 1. The van der Waals surface area contributed by atoms with E-state index in [9.17, 15) is 4.79 Å². The fourth-order valence-electron chi connectivity index (χ4n) is 3.83. The first kappa shape index (κ1) is 20.3. The lowest BCUT2D eigenvalue weighted by Crippen LogP contribution is -2.24. The predicted molar refractivity (Wildman–Crippen MR) is 123 cm³/mol. The molecule has 1 aromatic heterocycles. The van der Waals surface area contributed by atoms with Crippen LogP contribution in [0.2, 0.25) is 0 Å². The molecular formula is C27H24O5. The molecule has 4 aromatic rings. The lowest BCUT2D eigenvalue weighted by Gasteiger charge is -2.23. The Hall–Kier alpha value is -3.57. The Morgan fingerprint density at radius 2 is 1.81 bits per heavy atom. The van der Waals surface area contributed by atoms with Crippen LogP contribution in [0, 0.1) is 0 Å². The highest BCUT2D eigenvalue weighted by Crippen LogP contribution is 2.27. The lowest BCUT2D eigenvalue weighted by atomic mass is 10.1. The molecule has 1 atom stereocenters. The van der Waals surface area contributed by atoms with Crippen LogP contribution in [0.25, 0.3) is 22.1 Å². The first-order valence-corrected chi connectivity index (χ1v) is 10.9. The minimum atomic E-state index is -0.245. The number of rotatable bonds is 6. The van der Waals surface area contributed by atoms with E-state index in [0.717, 1.165) is 30.4 Å². The van der Waals surface area contributed by atoms with Gasteiger partial charge in [-0.05, 0) is 48.2 Å². The molecule has 1 fully saturated rings. The molecule has 0 bridgehead atoms. The van der Waals surface area contributed by atoms with Crippen LogP contribution < -0.4 is 14.9 Å². The largest absolute Gasteiger partial charge is 0.489 e. The Balaban J connectivity index is 1.37. The standard InChI is InChI=1S/C27H24O5/c28-27-23-13-12-22(32-26-11-4-5-14-29-26)16-25(23)31-18-24(27)20-9-6-10-21(15-20)30-17-19-7-2-1-3-8-19/h1-3,6-10,12-13,15-16,18,26H,4-5,11,14,17H2. The summed E-state index contributed by atoms with van der Waals surface area (Å²) in [6.45, 7) is 1.18. The third kappa shape index (κ3) is 4.53. The van der Waals surface area contributed by atoms with Crippen LogP contribution in [0.4, 0.5) is 0 Å². The highest BCUT2D eigenvalue weighted by Gasteiger charge is 2.16. The van der Waals surface area contributed by atoms with Crippen molar-refractivity contribution in [3.63, 3.8) is 0 Å². The van der Waals surface area contributed by atoms with E-state index >= 15 is 0 Å². The Morgan fingerprint density at radius 3 is 2.66 bits per heavy atom. The monoisotopic (exact) mass is 428 g/mol. The van der Waals surface area contributed by atoms with Crippen LogP contribution in [0.1, 0.15) is 24.8 Å². The highest BCUT2D eigenvalue weighted by atomic mass is 16.7. The highest BCUT2D eigenvalue weighted by molar-refractivity contribution is 5.82. The average Bonchev–Trinajstić information content (AvgIpc) is 2.84. The molecule has 0 N–H and O–H groups in total. The van der Waals surface area contributed by atoms with Crippen molar-refractivity contribution in [3.8, 4) is 22.6 Å². The molecule has 5 nitrogen and oxygen atoms in total. The van der Waals surface area contributed by atoms with Crippen molar-refractivity contribution in [1.29, 1.82) is 0 Å². The molecule has 162 valence electrons. The Morgan fingerprint density at radius 1 is 0.906 bits per heavy atom. The summed E-state index contributed by atoms with van der Waals surface area (Å²) >= 11 is 0. The summed E-state index contributed by atoms with van der Waals surface area (Å²) in [5.74, 6) is 1.33. The second kappa shape index (κ2) is 9.28. The molecule has 3 aromatic carbocycles. The average molecular weight is 428 g/mol. The van der Waals surface area contributed by atoms with E-state index in [1.807, 2.05) is 54.6 Å². The lowest BCUT2D eigenvalue weighted by molar-refractivity contribution is -0.105. The number of hydrogen-bond donors (Lipinski definition) is 0. The van der Waals surface area contributed by atoms with E-state index in [4.69, 9.17) is 18.6 Å². The molecular weight excluding hydrogens is 404 g/mol. The van der Waals surface area contributed by atoms with Gasteiger partial charge in [0.05, 0.1) is 17.6 Å². The second-order valence-electron chi connectivity index (χ2n) is 7.85. The third-order valence-corrected chi connectivity index (χ3v) is 5.54. The molecule has 0 amide bonds. The summed E-state index contributed by atoms with van der Waals surface area (Å²) in [6, 6.07) is 22.7. The molecule has 1 aliphatic heterocycles. The molecule has 0 radical (unpaired) electrons. The van der Waals surface area contributed by atoms with E-state index in [1.165, 1.54) is 6.26 Å².